The molecule has 1 aliphatic heterocycles. The summed E-state index contributed by atoms with van der Waals surface area (Å²) in [4.78, 5) is 16.7. The van der Waals surface area contributed by atoms with Crippen LogP contribution in [0.3, 0.4) is 0 Å². The minimum absolute atomic E-state index is 0.0146. The van der Waals surface area contributed by atoms with E-state index in [2.05, 4.69) is 44.0 Å². The Morgan fingerprint density at radius 1 is 0.878 bits per heavy atom. The first-order valence-corrected chi connectivity index (χ1v) is 17.0. The molecule has 10 nitrogen and oxygen atoms in total. The highest BCUT2D eigenvalue weighted by molar-refractivity contribution is 7.99. The van der Waals surface area contributed by atoms with E-state index >= 15 is 0 Å². The van der Waals surface area contributed by atoms with E-state index in [1.165, 1.54) is 0 Å². The second-order valence-corrected chi connectivity index (χ2v) is 12.6. The third-order valence-corrected chi connectivity index (χ3v) is 9.38. The van der Waals surface area contributed by atoms with E-state index in [4.69, 9.17) is 9.47 Å². The van der Waals surface area contributed by atoms with Gasteiger partial charge in [-0.1, -0.05) is 103 Å². The first kappa shape index (κ1) is 32.4. The quantitative estimate of drug-likeness (QED) is 0.149. The summed E-state index contributed by atoms with van der Waals surface area (Å²) in [6.45, 7) is 0.365. The molecule has 3 heterocycles. The molecule has 0 unspecified atom stereocenters. The van der Waals surface area contributed by atoms with Crippen molar-refractivity contribution in [3.8, 4) is 16.8 Å². The smallest absolute Gasteiger partial charge is 0.253 e. The normalized spacial score (nSPS) is 17.4. The third-order valence-electron chi connectivity index (χ3n) is 8.33. The van der Waals surface area contributed by atoms with Gasteiger partial charge in [0, 0.05) is 36.7 Å². The second-order valence-electron chi connectivity index (χ2n) is 11.6. The number of tetrazole rings is 1. The van der Waals surface area contributed by atoms with Crippen molar-refractivity contribution in [1.29, 1.82) is 0 Å². The molecular weight excluding hydrogens is 637 g/mol. The predicted molar refractivity (Wildman–Crippen MR) is 186 cm³/mol. The van der Waals surface area contributed by atoms with Gasteiger partial charge >= 0.3 is 0 Å². The van der Waals surface area contributed by atoms with E-state index in [0.717, 1.165) is 39.1 Å². The molecule has 11 heteroatoms. The first-order valence-electron chi connectivity index (χ1n) is 16.0. The van der Waals surface area contributed by atoms with Crippen molar-refractivity contribution in [3.05, 3.63) is 155 Å². The van der Waals surface area contributed by atoms with Crippen LogP contribution >= 0.6 is 11.8 Å². The van der Waals surface area contributed by atoms with Gasteiger partial charge in [0.2, 0.25) is 5.16 Å². The van der Waals surface area contributed by atoms with Gasteiger partial charge in [-0.15, -0.1) is 5.10 Å². The summed E-state index contributed by atoms with van der Waals surface area (Å²) in [6.07, 6.45) is 2.87. The molecule has 2 N–H and O–H groups in total. The predicted octanol–water partition coefficient (Wildman–Crippen LogP) is 6.48. The van der Waals surface area contributed by atoms with Crippen molar-refractivity contribution in [2.24, 2.45) is 0 Å². The number of rotatable bonds is 11. The fraction of sp³-hybridized carbons (Fsp3) is 0.184. The van der Waals surface area contributed by atoms with Gasteiger partial charge in [-0.05, 0) is 62.5 Å². The summed E-state index contributed by atoms with van der Waals surface area (Å²) in [7, 11) is 0. The van der Waals surface area contributed by atoms with Crippen molar-refractivity contribution in [2.45, 2.75) is 43.2 Å². The molecule has 0 spiro atoms. The molecule has 4 aromatic carbocycles. The number of carbonyl (C=O) groups is 1. The topological polar surface area (TPSA) is 124 Å². The van der Waals surface area contributed by atoms with Gasteiger partial charge in [-0.3, -0.25) is 9.78 Å². The molecule has 7 rings (SSSR count). The number of pyridine rings is 1. The Labute approximate surface area is 288 Å². The van der Waals surface area contributed by atoms with Gasteiger partial charge in [0.15, 0.2) is 6.29 Å². The van der Waals surface area contributed by atoms with Crippen molar-refractivity contribution >= 4 is 17.7 Å². The van der Waals surface area contributed by atoms with Crippen molar-refractivity contribution in [3.63, 3.8) is 0 Å². The number of nitrogens with one attached hydrogen (secondary N) is 1. The van der Waals surface area contributed by atoms with E-state index in [1.54, 1.807) is 41.0 Å². The molecule has 0 saturated carbocycles. The molecule has 1 saturated heterocycles. The Balaban J connectivity index is 1.09. The molecule has 1 fully saturated rings. The molecule has 1 amide bonds. The monoisotopic (exact) mass is 670 g/mol. The lowest BCUT2D eigenvalue weighted by Crippen LogP contribution is -2.31. The summed E-state index contributed by atoms with van der Waals surface area (Å²) in [5.74, 6) is 0.448. The van der Waals surface area contributed by atoms with Crippen LogP contribution in [-0.4, -0.2) is 48.1 Å². The number of amides is 1. The van der Waals surface area contributed by atoms with Crippen LogP contribution in [-0.2, 0) is 22.6 Å². The molecule has 0 aliphatic carbocycles. The number of thioether (sulfide) groups is 1. The number of aliphatic hydroxyl groups excluding tert-OH is 1. The van der Waals surface area contributed by atoms with Gasteiger partial charge in [-0.25, -0.2) is 0 Å². The van der Waals surface area contributed by atoms with E-state index in [1.807, 2.05) is 84.9 Å². The van der Waals surface area contributed by atoms with Crippen LogP contribution in [0.15, 0.2) is 133 Å². The number of hydrogen-bond donors (Lipinski definition) is 2. The zero-order chi connectivity index (χ0) is 33.4. The Bertz CT molecular complexity index is 1970. The molecular formula is C38H34N6O4S. The summed E-state index contributed by atoms with van der Waals surface area (Å²) in [6, 6.07) is 37.4. The highest BCUT2D eigenvalue weighted by Crippen LogP contribution is 2.40. The van der Waals surface area contributed by atoms with Crippen molar-refractivity contribution in [1.82, 2.24) is 30.5 Å². The zero-order valence-corrected chi connectivity index (χ0v) is 27.3. The minimum Gasteiger partial charge on any atom is -0.392 e. The maximum atomic E-state index is 12.7. The van der Waals surface area contributed by atoms with E-state index < -0.39 is 6.29 Å². The highest BCUT2D eigenvalue weighted by Gasteiger charge is 2.32. The van der Waals surface area contributed by atoms with Gasteiger partial charge in [0.1, 0.15) is 0 Å². The minimum atomic E-state index is -0.602. The third kappa shape index (κ3) is 7.76. The van der Waals surface area contributed by atoms with Crippen molar-refractivity contribution < 1.29 is 19.4 Å². The van der Waals surface area contributed by atoms with E-state index in [9.17, 15) is 9.90 Å². The van der Waals surface area contributed by atoms with Gasteiger partial charge < -0.3 is 19.9 Å². The van der Waals surface area contributed by atoms with Crippen LogP contribution in [0.5, 0.6) is 0 Å². The average Bonchev–Trinajstić information content (AvgIpc) is 3.66. The number of benzene rings is 4. The summed E-state index contributed by atoms with van der Waals surface area (Å²) >= 11 is 1.54. The molecule has 0 radical (unpaired) electrons. The fourth-order valence-corrected chi connectivity index (χ4v) is 6.65. The number of hydrogen-bond acceptors (Lipinski definition) is 9. The summed E-state index contributed by atoms with van der Waals surface area (Å²) in [5.41, 5.74) is 7.21. The second kappa shape index (κ2) is 15.3. The molecule has 1 aliphatic rings. The maximum Gasteiger partial charge on any atom is 0.253 e. The number of nitrogens with zero attached hydrogens (tertiary/aromatic N) is 5. The zero-order valence-electron chi connectivity index (χ0n) is 26.5. The standard InChI is InChI=1S/C38H34N6O4S/c45-24-26-12-14-28(15-13-26)35-21-33(25-49-38-41-42-43-44(38)32-9-2-1-3-10-32)47-37(48-35)29-18-16-27(17-19-29)34-11-5-4-7-30(34)23-40-36(46)31-8-6-20-39-22-31/h1-20,22,33,35,37,45H,21,23-25H2,(H,40,46)/t33-,35+,37+/m1/s1. The number of aliphatic hydroxyl groups is 1. The van der Waals surface area contributed by atoms with E-state index in [-0.39, 0.29) is 24.7 Å². The summed E-state index contributed by atoms with van der Waals surface area (Å²) in [5, 5.41) is 25.6. The fourth-order valence-electron chi connectivity index (χ4n) is 5.74. The number of carbonyl (C=O) groups excluding carboxylic acids is 1. The largest absolute Gasteiger partial charge is 0.392 e. The number of ether oxygens (including phenoxy) is 2. The van der Waals surface area contributed by atoms with Gasteiger partial charge in [0.25, 0.3) is 5.91 Å². The Kier molecular flexibility index (Phi) is 10.1. The highest BCUT2D eigenvalue weighted by atomic mass is 32.2. The molecule has 49 heavy (non-hydrogen) atoms. The van der Waals surface area contributed by atoms with Gasteiger partial charge in [-0.2, -0.15) is 4.68 Å². The van der Waals surface area contributed by atoms with Crippen molar-refractivity contribution in [2.75, 3.05) is 5.75 Å². The lowest BCUT2D eigenvalue weighted by molar-refractivity contribution is -0.245. The van der Waals surface area contributed by atoms with Gasteiger partial charge in [0.05, 0.1) is 30.1 Å². The Morgan fingerprint density at radius 2 is 1.65 bits per heavy atom. The Morgan fingerprint density at radius 3 is 2.43 bits per heavy atom. The first-order chi connectivity index (χ1) is 24.1. The molecule has 0 bridgehead atoms. The van der Waals surface area contributed by atoms with Crippen LogP contribution in [0, 0.1) is 0 Å². The number of aromatic nitrogens is 5. The van der Waals surface area contributed by atoms with Crippen LogP contribution in [0.1, 0.15) is 51.4 Å². The molecule has 246 valence electrons. The SMILES string of the molecule is O=C(NCc1ccccc1-c1ccc([C@H]2O[C@@H](CSc3nnnn3-c3ccccc3)C[C@@H](c3ccc(CO)cc3)O2)cc1)c1cccnc1. The van der Waals surface area contributed by atoms with Crippen LogP contribution in [0.25, 0.3) is 16.8 Å². The summed E-state index contributed by atoms with van der Waals surface area (Å²) < 4.78 is 14.9. The van der Waals surface area contributed by atoms with E-state index in [0.29, 0.717) is 29.4 Å². The number of para-hydroxylation sites is 1. The Hall–Kier alpha value is -5.20. The maximum absolute atomic E-state index is 12.7. The van der Waals surface area contributed by atoms with Crippen LogP contribution in [0.4, 0.5) is 0 Å². The molecule has 2 aromatic heterocycles. The van der Waals surface area contributed by atoms with Crippen LogP contribution in [0.2, 0.25) is 0 Å². The lowest BCUT2D eigenvalue weighted by atomic mass is 9.97. The average molecular weight is 671 g/mol. The molecule has 3 atom stereocenters. The molecule has 6 aromatic rings. The lowest BCUT2D eigenvalue weighted by Gasteiger charge is -2.36. The van der Waals surface area contributed by atoms with Crippen LogP contribution < -0.4 is 5.32 Å².